The van der Waals surface area contributed by atoms with Crippen LogP contribution in [0.5, 0.6) is 0 Å². The lowest BCUT2D eigenvalue weighted by Gasteiger charge is -2.12. The molecular formula is C13H14BrCl2N3. The van der Waals surface area contributed by atoms with E-state index < -0.39 is 0 Å². The SMILES string of the molecule is CCCn1nccc1CNc1c(Cl)cc(Br)cc1Cl. The van der Waals surface area contributed by atoms with Gasteiger partial charge in [0.1, 0.15) is 0 Å². The standard InChI is InChI=1S/C13H14BrCl2N3/c1-2-5-19-10(3-4-18-19)8-17-13-11(15)6-9(14)7-12(13)16/h3-4,6-7,17H,2,5,8H2,1H3. The molecule has 2 rings (SSSR count). The van der Waals surface area contributed by atoms with Crippen molar-refractivity contribution in [1.82, 2.24) is 9.78 Å². The number of halogens is 3. The van der Waals surface area contributed by atoms with Gasteiger partial charge in [0.15, 0.2) is 0 Å². The van der Waals surface area contributed by atoms with Crippen molar-refractivity contribution >= 4 is 44.8 Å². The molecule has 1 aromatic carbocycles. The average molecular weight is 363 g/mol. The summed E-state index contributed by atoms with van der Waals surface area (Å²) in [6, 6.07) is 5.63. The number of hydrogen-bond acceptors (Lipinski definition) is 2. The van der Waals surface area contributed by atoms with E-state index in [0.29, 0.717) is 16.6 Å². The van der Waals surface area contributed by atoms with E-state index in [4.69, 9.17) is 23.2 Å². The maximum Gasteiger partial charge on any atom is 0.0722 e. The maximum atomic E-state index is 6.18. The van der Waals surface area contributed by atoms with Gasteiger partial charge in [0, 0.05) is 17.2 Å². The Balaban J connectivity index is 2.12. The minimum Gasteiger partial charge on any atom is -0.377 e. The summed E-state index contributed by atoms with van der Waals surface area (Å²) in [5.74, 6) is 0. The van der Waals surface area contributed by atoms with Crippen molar-refractivity contribution in [1.29, 1.82) is 0 Å². The summed E-state index contributed by atoms with van der Waals surface area (Å²) in [7, 11) is 0. The molecule has 1 heterocycles. The van der Waals surface area contributed by atoms with E-state index in [0.717, 1.165) is 28.8 Å². The summed E-state index contributed by atoms with van der Waals surface area (Å²) in [6.07, 6.45) is 2.85. The predicted molar refractivity (Wildman–Crippen MR) is 84.0 cm³/mol. The second kappa shape index (κ2) is 6.64. The third kappa shape index (κ3) is 3.65. The first-order valence-corrected chi connectivity index (χ1v) is 7.55. The topological polar surface area (TPSA) is 29.9 Å². The molecule has 0 radical (unpaired) electrons. The van der Waals surface area contributed by atoms with Crippen LogP contribution < -0.4 is 5.32 Å². The van der Waals surface area contributed by atoms with Gasteiger partial charge < -0.3 is 5.32 Å². The van der Waals surface area contributed by atoms with E-state index in [1.54, 1.807) is 6.20 Å². The van der Waals surface area contributed by atoms with Crippen LogP contribution in [-0.2, 0) is 13.1 Å². The fourth-order valence-corrected chi connectivity index (χ4v) is 3.16. The number of aryl methyl sites for hydroxylation is 1. The van der Waals surface area contributed by atoms with Crippen LogP contribution in [0.4, 0.5) is 5.69 Å². The highest BCUT2D eigenvalue weighted by molar-refractivity contribution is 9.10. The highest BCUT2D eigenvalue weighted by Gasteiger charge is 2.08. The van der Waals surface area contributed by atoms with Gasteiger partial charge >= 0.3 is 0 Å². The summed E-state index contributed by atoms with van der Waals surface area (Å²) in [5.41, 5.74) is 1.85. The first-order chi connectivity index (χ1) is 9.11. The number of nitrogens with zero attached hydrogens (tertiary/aromatic N) is 2. The lowest BCUT2D eigenvalue weighted by atomic mass is 10.3. The summed E-state index contributed by atoms with van der Waals surface area (Å²) >= 11 is 15.7. The Bertz CT molecular complexity index is 546. The summed E-state index contributed by atoms with van der Waals surface area (Å²) < 4.78 is 2.84. The zero-order valence-corrected chi connectivity index (χ0v) is 13.6. The van der Waals surface area contributed by atoms with Gasteiger partial charge in [0.2, 0.25) is 0 Å². The van der Waals surface area contributed by atoms with Gasteiger partial charge in [-0.05, 0) is 24.6 Å². The molecule has 0 aliphatic rings. The summed E-state index contributed by atoms with van der Waals surface area (Å²) in [5, 5.41) is 8.74. The normalized spacial score (nSPS) is 10.7. The Morgan fingerprint density at radius 3 is 2.63 bits per heavy atom. The van der Waals surface area contributed by atoms with Crippen LogP contribution in [0, 0.1) is 0 Å². The Morgan fingerprint density at radius 1 is 1.32 bits per heavy atom. The van der Waals surface area contributed by atoms with Gasteiger partial charge in [0.05, 0.1) is 28.0 Å². The molecule has 0 atom stereocenters. The number of nitrogens with one attached hydrogen (secondary N) is 1. The van der Waals surface area contributed by atoms with Crippen molar-refractivity contribution < 1.29 is 0 Å². The molecule has 0 amide bonds. The fraction of sp³-hybridized carbons (Fsp3) is 0.308. The number of benzene rings is 1. The van der Waals surface area contributed by atoms with E-state index >= 15 is 0 Å². The van der Waals surface area contributed by atoms with Gasteiger partial charge in [-0.15, -0.1) is 0 Å². The quantitative estimate of drug-likeness (QED) is 0.813. The molecule has 6 heteroatoms. The second-order valence-corrected chi connectivity index (χ2v) is 5.87. The molecule has 0 fully saturated rings. The minimum absolute atomic E-state index is 0.598. The number of anilines is 1. The minimum atomic E-state index is 0.598. The molecule has 2 aromatic rings. The van der Waals surface area contributed by atoms with Crippen molar-refractivity contribution in [2.45, 2.75) is 26.4 Å². The molecule has 0 bridgehead atoms. The highest BCUT2D eigenvalue weighted by atomic mass is 79.9. The molecule has 0 aliphatic carbocycles. The van der Waals surface area contributed by atoms with Crippen molar-refractivity contribution in [2.75, 3.05) is 5.32 Å². The van der Waals surface area contributed by atoms with Crippen LogP contribution in [0.25, 0.3) is 0 Å². The molecule has 1 N–H and O–H groups in total. The summed E-state index contributed by atoms with van der Waals surface area (Å²) in [6.45, 7) is 3.67. The largest absolute Gasteiger partial charge is 0.377 e. The molecule has 0 aliphatic heterocycles. The van der Waals surface area contributed by atoms with Gasteiger partial charge in [-0.2, -0.15) is 5.10 Å². The molecule has 0 saturated heterocycles. The highest BCUT2D eigenvalue weighted by Crippen LogP contribution is 2.34. The first kappa shape index (κ1) is 14.7. The molecule has 0 saturated carbocycles. The molecular weight excluding hydrogens is 349 g/mol. The molecule has 0 spiro atoms. The Hall–Kier alpha value is -0.710. The fourth-order valence-electron chi connectivity index (χ4n) is 1.81. The van der Waals surface area contributed by atoms with Crippen molar-refractivity contribution in [2.24, 2.45) is 0 Å². The average Bonchev–Trinajstić information content (AvgIpc) is 2.76. The molecule has 0 unspecified atom stereocenters. The second-order valence-electron chi connectivity index (χ2n) is 4.14. The van der Waals surface area contributed by atoms with E-state index in [1.165, 1.54) is 0 Å². The number of aromatic nitrogens is 2. The maximum absolute atomic E-state index is 6.18. The molecule has 19 heavy (non-hydrogen) atoms. The number of hydrogen-bond donors (Lipinski definition) is 1. The smallest absolute Gasteiger partial charge is 0.0722 e. The van der Waals surface area contributed by atoms with E-state index in [1.807, 2.05) is 22.9 Å². The zero-order valence-electron chi connectivity index (χ0n) is 10.5. The third-order valence-corrected chi connectivity index (χ3v) is 3.75. The van der Waals surface area contributed by atoms with Crippen LogP contribution in [0.1, 0.15) is 19.0 Å². The van der Waals surface area contributed by atoms with Crippen molar-refractivity contribution in [3.05, 3.63) is 44.6 Å². The first-order valence-electron chi connectivity index (χ1n) is 6.01. The zero-order chi connectivity index (χ0) is 13.8. The van der Waals surface area contributed by atoms with Crippen LogP contribution in [-0.4, -0.2) is 9.78 Å². The van der Waals surface area contributed by atoms with Crippen molar-refractivity contribution in [3.63, 3.8) is 0 Å². The predicted octanol–water partition coefficient (Wildman–Crippen LogP) is 4.97. The van der Waals surface area contributed by atoms with Crippen LogP contribution in [0.2, 0.25) is 10.0 Å². The van der Waals surface area contributed by atoms with Gasteiger partial charge in [-0.25, -0.2) is 0 Å². The molecule has 1 aromatic heterocycles. The Labute approximate surface area is 131 Å². The Kier molecular flexibility index (Phi) is 5.13. The van der Waals surface area contributed by atoms with Gasteiger partial charge in [-0.3, -0.25) is 4.68 Å². The van der Waals surface area contributed by atoms with Crippen LogP contribution in [0.15, 0.2) is 28.9 Å². The molecule has 102 valence electrons. The van der Waals surface area contributed by atoms with E-state index in [-0.39, 0.29) is 0 Å². The number of rotatable bonds is 5. The monoisotopic (exact) mass is 361 g/mol. The third-order valence-electron chi connectivity index (χ3n) is 2.69. The van der Waals surface area contributed by atoms with E-state index in [9.17, 15) is 0 Å². The Morgan fingerprint density at radius 2 is 2.00 bits per heavy atom. The summed E-state index contributed by atoms with van der Waals surface area (Å²) in [4.78, 5) is 0. The van der Waals surface area contributed by atoms with Crippen molar-refractivity contribution in [3.8, 4) is 0 Å². The lowest BCUT2D eigenvalue weighted by Crippen LogP contribution is -2.09. The van der Waals surface area contributed by atoms with Gasteiger partial charge in [-0.1, -0.05) is 46.1 Å². The van der Waals surface area contributed by atoms with E-state index in [2.05, 4.69) is 33.3 Å². The lowest BCUT2D eigenvalue weighted by molar-refractivity contribution is 0.578. The van der Waals surface area contributed by atoms with Crippen LogP contribution in [0.3, 0.4) is 0 Å². The molecule has 3 nitrogen and oxygen atoms in total. The van der Waals surface area contributed by atoms with Crippen LogP contribution >= 0.6 is 39.1 Å². The van der Waals surface area contributed by atoms with Gasteiger partial charge in [0.25, 0.3) is 0 Å².